The highest BCUT2D eigenvalue weighted by molar-refractivity contribution is 7.14. The van der Waals surface area contributed by atoms with Crippen molar-refractivity contribution in [2.75, 3.05) is 10.6 Å². The van der Waals surface area contributed by atoms with E-state index in [-0.39, 0.29) is 11.8 Å². The molecule has 2 N–H and O–H groups in total. The van der Waals surface area contributed by atoms with Crippen molar-refractivity contribution in [2.24, 2.45) is 0 Å². The van der Waals surface area contributed by atoms with Crippen molar-refractivity contribution in [2.45, 2.75) is 39.2 Å². The van der Waals surface area contributed by atoms with Gasteiger partial charge in [0.2, 0.25) is 5.91 Å². The Bertz CT molecular complexity index is 772. The third kappa shape index (κ3) is 3.56. The van der Waals surface area contributed by atoms with Crippen LogP contribution >= 0.6 is 11.3 Å². The summed E-state index contributed by atoms with van der Waals surface area (Å²) >= 11 is 1.38. The lowest BCUT2D eigenvalue weighted by Gasteiger charge is -2.23. The Labute approximate surface area is 144 Å². The minimum Gasteiger partial charge on any atom is -0.479 e. The second-order valence-corrected chi connectivity index (χ2v) is 6.51. The number of ether oxygens (including phenoxy) is 1. The number of fused-ring (bicyclic) bond motifs is 1. The van der Waals surface area contributed by atoms with Crippen molar-refractivity contribution >= 4 is 34.0 Å². The van der Waals surface area contributed by atoms with Gasteiger partial charge in [0.1, 0.15) is 5.75 Å². The number of nitrogens with one attached hydrogen (secondary N) is 2. The summed E-state index contributed by atoms with van der Waals surface area (Å²) in [6, 6.07) is 5.54. The van der Waals surface area contributed by atoms with Gasteiger partial charge in [-0.15, -0.1) is 11.3 Å². The minimum absolute atomic E-state index is 0.0159. The minimum atomic E-state index is -0.493. The molecule has 126 valence electrons. The Morgan fingerprint density at radius 2 is 2.29 bits per heavy atom. The van der Waals surface area contributed by atoms with Crippen LogP contribution < -0.4 is 15.4 Å². The van der Waals surface area contributed by atoms with Crippen molar-refractivity contribution in [1.29, 1.82) is 0 Å². The Morgan fingerprint density at radius 3 is 3.08 bits per heavy atom. The summed E-state index contributed by atoms with van der Waals surface area (Å²) in [5.74, 6) is 0.466. The largest absolute Gasteiger partial charge is 0.479 e. The van der Waals surface area contributed by atoms with Crippen LogP contribution in [0.15, 0.2) is 23.6 Å². The number of carbonyl (C=O) groups excluding carboxylic acids is 2. The Balaban J connectivity index is 1.75. The maximum atomic E-state index is 11.8. The van der Waals surface area contributed by atoms with E-state index in [1.807, 2.05) is 30.5 Å². The lowest BCUT2D eigenvalue weighted by molar-refractivity contribution is -0.122. The topological polar surface area (TPSA) is 80.3 Å². The fourth-order valence-electron chi connectivity index (χ4n) is 2.35. The summed E-state index contributed by atoms with van der Waals surface area (Å²) in [5.41, 5.74) is 2.25. The molecule has 2 heterocycles. The highest BCUT2D eigenvalue weighted by Crippen LogP contribution is 2.34. The molecule has 0 saturated carbocycles. The molecule has 7 heteroatoms. The van der Waals surface area contributed by atoms with E-state index in [9.17, 15) is 9.59 Å². The predicted molar refractivity (Wildman–Crippen MR) is 94.4 cm³/mol. The number of unbranched alkanes of at least 4 members (excludes halogenated alkanes) is 1. The standard InChI is InChI=1S/C17H19N3O3S/c1-3-4-5-15(21)20-17-19-13(9-24-17)11-6-7-14-12(8-11)18-16(22)10(2)23-14/h6-10H,3-5H2,1-2H3,(H,18,22)(H,19,20,21). The Hall–Kier alpha value is -2.41. The molecule has 24 heavy (non-hydrogen) atoms. The van der Waals surface area contributed by atoms with E-state index in [4.69, 9.17) is 4.74 Å². The summed E-state index contributed by atoms with van der Waals surface area (Å²) in [5, 5.41) is 8.10. The maximum Gasteiger partial charge on any atom is 0.265 e. The molecular weight excluding hydrogens is 326 g/mol. The molecule has 0 aliphatic carbocycles. The summed E-state index contributed by atoms with van der Waals surface area (Å²) in [4.78, 5) is 27.9. The van der Waals surface area contributed by atoms with Gasteiger partial charge in [0, 0.05) is 17.4 Å². The van der Waals surface area contributed by atoms with E-state index in [1.54, 1.807) is 6.92 Å². The summed E-state index contributed by atoms with van der Waals surface area (Å²) in [6.45, 7) is 3.76. The maximum absolute atomic E-state index is 11.8. The molecule has 2 aromatic rings. The van der Waals surface area contributed by atoms with Crippen molar-refractivity contribution in [3.63, 3.8) is 0 Å². The van der Waals surface area contributed by atoms with Crippen LogP contribution in [0.4, 0.5) is 10.8 Å². The zero-order valence-corrected chi connectivity index (χ0v) is 14.4. The van der Waals surface area contributed by atoms with Crippen LogP contribution in [0.25, 0.3) is 11.3 Å². The smallest absolute Gasteiger partial charge is 0.265 e. The predicted octanol–water partition coefficient (Wildman–Crippen LogP) is 3.66. The van der Waals surface area contributed by atoms with E-state index in [0.29, 0.717) is 23.0 Å². The zero-order valence-electron chi connectivity index (χ0n) is 13.6. The third-order valence-electron chi connectivity index (χ3n) is 3.71. The second kappa shape index (κ2) is 7.00. The molecular formula is C17H19N3O3S. The van der Waals surface area contributed by atoms with E-state index < -0.39 is 6.10 Å². The van der Waals surface area contributed by atoms with E-state index in [0.717, 1.165) is 24.1 Å². The first-order chi connectivity index (χ1) is 11.6. The quantitative estimate of drug-likeness (QED) is 0.866. The number of hydrogen-bond acceptors (Lipinski definition) is 5. The average molecular weight is 345 g/mol. The molecule has 1 aliphatic rings. The van der Waals surface area contributed by atoms with E-state index >= 15 is 0 Å². The first kappa shape index (κ1) is 16.4. The number of anilines is 2. The normalized spacial score (nSPS) is 16.1. The molecule has 0 radical (unpaired) electrons. The van der Waals surface area contributed by atoms with Crippen LogP contribution in [-0.4, -0.2) is 22.9 Å². The fraction of sp³-hybridized carbons (Fsp3) is 0.353. The third-order valence-corrected chi connectivity index (χ3v) is 4.47. The SMILES string of the molecule is CCCCC(=O)Nc1nc(-c2ccc3c(c2)NC(=O)C(C)O3)cs1. The highest BCUT2D eigenvalue weighted by atomic mass is 32.1. The average Bonchev–Trinajstić information content (AvgIpc) is 3.02. The number of hydrogen-bond donors (Lipinski definition) is 2. The van der Waals surface area contributed by atoms with Gasteiger partial charge in [0.25, 0.3) is 5.91 Å². The first-order valence-corrected chi connectivity index (χ1v) is 8.82. The lowest BCUT2D eigenvalue weighted by atomic mass is 10.1. The molecule has 2 amide bonds. The molecule has 1 atom stereocenters. The molecule has 1 aromatic carbocycles. The molecule has 1 unspecified atom stereocenters. The van der Waals surface area contributed by atoms with Crippen LogP contribution in [0.1, 0.15) is 33.1 Å². The van der Waals surface area contributed by atoms with Crippen molar-refractivity contribution in [1.82, 2.24) is 4.98 Å². The van der Waals surface area contributed by atoms with Gasteiger partial charge in [-0.3, -0.25) is 9.59 Å². The van der Waals surface area contributed by atoms with Gasteiger partial charge >= 0.3 is 0 Å². The molecule has 0 spiro atoms. The van der Waals surface area contributed by atoms with Crippen molar-refractivity contribution in [3.8, 4) is 17.0 Å². The van der Waals surface area contributed by atoms with Crippen LogP contribution in [0.5, 0.6) is 5.75 Å². The van der Waals surface area contributed by atoms with Gasteiger partial charge < -0.3 is 15.4 Å². The number of thiazole rings is 1. The Morgan fingerprint density at radius 1 is 1.46 bits per heavy atom. The number of nitrogens with zero attached hydrogens (tertiary/aromatic N) is 1. The highest BCUT2D eigenvalue weighted by Gasteiger charge is 2.23. The number of rotatable bonds is 5. The van der Waals surface area contributed by atoms with Crippen LogP contribution in [0.2, 0.25) is 0 Å². The van der Waals surface area contributed by atoms with Gasteiger partial charge in [-0.2, -0.15) is 0 Å². The van der Waals surface area contributed by atoms with Gasteiger partial charge in [0.15, 0.2) is 11.2 Å². The number of amides is 2. The zero-order chi connectivity index (χ0) is 17.1. The molecule has 0 saturated heterocycles. The summed E-state index contributed by atoms with van der Waals surface area (Å²) in [6.07, 6.45) is 1.87. The van der Waals surface area contributed by atoms with Crippen molar-refractivity contribution < 1.29 is 14.3 Å². The number of carbonyl (C=O) groups is 2. The number of benzene rings is 1. The molecule has 0 bridgehead atoms. The summed E-state index contributed by atoms with van der Waals surface area (Å²) < 4.78 is 5.54. The molecule has 3 rings (SSSR count). The molecule has 6 nitrogen and oxygen atoms in total. The van der Waals surface area contributed by atoms with Crippen molar-refractivity contribution in [3.05, 3.63) is 23.6 Å². The van der Waals surface area contributed by atoms with Crippen LogP contribution in [0.3, 0.4) is 0 Å². The monoisotopic (exact) mass is 345 g/mol. The van der Waals surface area contributed by atoms with Gasteiger partial charge in [-0.05, 0) is 31.5 Å². The first-order valence-electron chi connectivity index (χ1n) is 7.94. The second-order valence-electron chi connectivity index (χ2n) is 5.65. The molecule has 1 aromatic heterocycles. The molecule has 0 fully saturated rings. The van der Waals surface area contributed by atoms with Crippen LogP contribution in [-0.2, 0) is 9.59 Å². The van der Waals surface area contributed by atoms with Gasteiger partial charge in [0.05, 0.1) is 11.4 Å². The molecule has 1 aliphatic heterocycles. The van der Waals surface area contributed by atoms with Gasteiger partial charge in [-0.1, -0.05) is 13.3 Å². The number of aromatic nitrogens is 1. The fourth-order valence-corrected chi connectivity index (χ4v) is 3.09. The van der Waals surface area contributed by atoms with Gasteiger partial charge in [-0.25, -0.2) is 4.98 Å². The van der Waals surface area contributed by atoms with Crippen LogP contribution in [0, 0.1) is 0 Å². The lowest BCUT2D eigenvalue weighted by Crippen LogP contribution is -2.34. The Kier molecular flexibility index (Phi) is 4.80. The van der Waals surface area contributed by atoms with E-state index in [2.05, 4.69) is 15.6 Å². The van der Waals surface area contributed by atoms with E-state index in [1.165, 1.54) is 11.3 Å². The summed E-state index contributed by atoms with van der Waals surface area (Å²) in [7, 11) is 0.